The molecule has 0 radical (unpaired) electrons. The molecule has 3 amide bonds. The predicted molar refractivity (Wildman–Crippen MR) is 242 cm³/mol. The Bertz CT molecular complexity index is 2330. The number of benzene rings is 2. The molecule has 18 heteroatoms. The van der Waals surface area contributed by atoms with Gasteiger partial charge in [-0.2, -0.15) is 0 Å². The van der Waals surface area contributed by atoms with Crippen LogP contribution in [0.25, 0.3) is 17.2 Å². The van der Waals surface area contributed by atoms with Gasteiger partial charge in [-0.1, -0.05) is 26.5 Å². The molecule has 2 heterocycles. The predicted octanol–water partition coefficient (Wildman–Crippen LogP) is 7.19. The first kappa shape index (κ1) is 50.3. The summed E-state index contributed by atoms with van der Waals surface area (Å²) in [7, 11) is 1.43. The third-order valence-electron chi connectivity index (χ3n) is 10.0. The van der Waals surface area contributed by atoms with Crippen LogP contribution in [0.1, 0.15) is 124 Å². The number of esters is 3. The van der Waals surface area contributed by atoms with E-state index < -0.39 is 71.6 Å². The number of rotatable bonds is 17. The smallest absolute Gasteiger partial charge is 0.412 e. The molecule has 1 saturated heterocycles. The van der Waals surface area contributed by atoms with Gasteiger partial charge < -0.3 is 43.8 Å². The second kappa shape index (κ2) is 21.6. The van der Waals surface area contributed by atoms with Crippen LogP contribution < -0.4 is 20.7 Å². The van der Waals surface area contributed by atoms with Crippen LogP contribution in [0.2, 0.25) is 0 Å². The molecule has 0 bridgehead atoms. The summed E-state index contributed by atoms with van der Waals surface area (Å²) in [4.78, 5) is 83.1. The molecule has 1 saturated carbocycles. The third kappa shape index (κ3) is 14.4. The van der Waals surface area contributed by atoms with Gasteiger partial charge in [0.15, 0.2) is 11.5 Å². The van der Waals surface area contributed by atoms with Crippen LogP contribution in [-0.2, 0) is 38.0 Å². The van der Waals surface area contributed by atoms with Crippen molar-refractivity contribution < 1.29 is 61.9 Å². The van der Waals surface area contributed by atoms with E-state index in [-0.39, 0.29) is 58.9 Å². The summed E-state index contributed by atoms with van der Waals surface area (Å²) in [6.07, 6.45) is 0.404. The Labute approximate surface area is 383 Å². The van der Waals surface area contributed by atoms with Crippen molar-refractivity contribution in [3.05, 3.63) is 83.2 Å². The normalized spacial score (nSPS) is 17.1. The number of amidine groups is 1. The monoisotopic (exact) mass is 913 g/mol. The second-order valence-electron chi connectivity index (χ2n) is 17.7. The molecule has 3 atom stereocenters. The number of carbonyl (C=O) groups is 6. The molecular formula is C48H59N5O13. The Kier molecular flexibility index (Phi) is 16.4. The van der Waals surface area contributed by atoms with Gasteiger partial charge in [0.25, 0.3) is 11.8 Å². The van der Waals surface area contributed by atoms with E-state index >= 15 is 0 Å². The summed E-state index contributed by atoms with van der Waals surface area (Å²) in [6, 6.07) is 12.0. The summed E-state index contributed by atoms with van der Waals surface area (Å²) in [5.41, 5.74) is 0.325. The standard InChI is InChI=1S/C48H59N5O13/c1-11-29-20-36(35(23-38(29)60-10)34-18-19-37(43(56)50-24-28-12-13-28)52-40(34)45(58)63-27(4)62-44(57)26(2)3)42(55)51-31-16-14-30(15-17-31)41(49)53-46(59)61-25-33-21-32(64-48(8,9)65-33)22-39(54)66-47(5,6)7/h11,14-20,23,26-28,32-33H,1,12-13,21-22,24-25H2,2-10H3,(H,50,56)(H,51,55)(H2,49,53,59)/t27?,32-,33+/m1/s1. The first-order valence-electron chi connectivity index (χ1n) is 21.6. The van der Waals surface area contributed by atoms with E-state index in [1.165, 1.54) is 68.6 Å². The number of amides is 3. The minimum Gasteiger partial charge on any atom is -0.496 e. The number of aromatic nitrogens is 1. The quantitative estimate of drug-likeness (QED) is 0.0345. The SMILES string of the molecule is C=Cc1cc(C(=O)Nc2ccc(C(=N)NC(=O)OC[C@@H]3C[C@H](CC(=O)OC(C)(C)C)OC(C)(C)O3)cc2)c(-c2ccc(C(=O)NCC3CC3)nc2C(=O)OC(C)OC(=O)C(C)C)cc1OC. The van der Waals surface area contributed by atoms with E-state index in [9.17, 15) is 28.8 Å². The number of hydrogen-bond acceptors (Lipinski definition) is 15. The van der Waals surface area contributed by atoms with Gasteiger partial charge in [0, 0.05) is 53.4 Å². The topological polar surface area (TPSA) is 240 Å². The van der Waals surface area contributed by atoms with Crippen molar-refractivity contribution in [1.29, 1.82) is 5.41 Å². The van der Waals surface area contributed by atoms with Gasteiger partial charge in [-0.3, -0.25) is 29.9 Å². The zero-order chi connectivity index (χ0) is 48.5. The number of carbonyl (C=O) groups excluding carboxylic acids is 6. The van der Waals surface area contributed by atoms with Crippen molar-refractivity contribution in [2.75, 3.05) is 25.6 Å². The second-order valence-corrected chi connectivity index (χ2v) is 17.7. The van der Waals surface area contributed by atoms with E-state index in [4.69, 9.17) is 38.6 Å². The van der Waals surface area contributed by atoms with E-state index in [1.54, 1.807) is 48.5 Å². The first-order chi connectivity index (χ1) is 31.0. The first-order valence-corrected chi connectivity index (χ1v) is 21.6. The van der Waals surface area contributed by atoms with Gasteiger partial charge in [0.2, 0.25) is 6.29 Å². The largest absolute Gasteiger partial charge is 0.496 e. The number of alkyl carbamates (subject to hydrolysis) is 1. The van der Waals surface area contributed by atoms with Crippen molar-refractivity contribution in [1.82, 2.24) is 15.6 Å². The summed E-state index contributed by atoms with van der Waals surface area (Å²) in [6.45, 7) is 17.5. The van der Waals surface area contributed by atoms with Crippen molar-refractivity contribution >= 4 is 53.4 Å². The lowest BCUT2D eigenvalue weighted by atomic mass is 9.94. The molecule has 0 spiro atoms. The summed E-state index contributed by atoms with van der Waals surface area (Å²) >= 11 is 0. The van der Waals surface area contributed by atoms with Gasteiger partial charge in [0.05, 0.1) is 31.7 Å². The molecule has 1 aliphatic heterocycles. The number of methoxy groups -OCH3 is 1. The zero-order valence-electron chi connectivity index (χ0n) is 38.8. The van der Waals surface area contributed by atoms with Gasteiger partial charge in [-0.25, -0.2) is 14.6 Å². The van der Waals surface area contributed by atoms with Crippen molar-refractivity contribution in [2.24, 2.45) is 11.8 Å². The molecular weight excluding hydrogens is 855 g/mol. The van der Waals surface area contributed by atoms with Crippen LogP contribution in [-0.4, -0.2) is 96.8 Å². The highest BCUT2D eigenvalue weighted by atomic mass is 16.7. The Morgan fingerprint density at radius 1 is 0.939 bits per heavy atom. The highest BCUT2D eigenvalue weighted by Gasteiger charge is 2.38. The maximum absolute atomic E-state index is 14.2. The summed E-state index contributed by atoms with van der Waals surface area (Å²) in [5, 5.41) is 16.5. The maximum Gasteiger partial charge on any atom is 0.412 e. The fourth-order valence-corrected chi connectivity index (χ4v) is 6.80. The molecule has 1 unspecified atom stereocenters. The molecule has 1 aromatic heterocycles. The Balaban J connectivity index is 1.31. The lowest BCUT2D eigenvalue weighted by Gasteiger charge is -2.40. The molecule has 2 aromatic carbocycles. The van der Waals surface area contributed by atoms with Crippen LogP contribution in [0, 0.1) is 17.2 Å². The van der Waals surface area contributed by atoms with Crippen molar-refractivity contribution in [3.63, 3.8) is 0 Å². The lowest BCUT2D eigenvalue weighted by Crippen LogP contribution is -2.47. The number of ether oxygens (including phenoxy) is 7. The number of hydrogen-bond donors (Lipinski definition) is 4. The maximum atomic E-state index is 14.2. The van der Waals surface area contributed by atoms with E-state index in [0.29, 0.717) is 29.5 Å². The molecule has 354 valence electrons. The molecule has 1 aliphatic carbocycles. The lowest BCUT2D eigenvalue weighted by molar-refractivity contribution is -0.304. The number of nitrogens with zero attached hydrogens (tertiary/aromatic N) is 1. The fraction of sp³-hybridized carbons (Fsp3) is 0.458. The summed E-state index contributed by atoms with van der Waals surface area (Å²) in [5.74, 6) is -4.34. The highest BCUT2D eigenvalue weighted by Crippen LogP contribution is 2.35. The molecule has 2 aliphatic rings. The molecule has 18 nitrogen and oxygen atoms in total. The molecule has 3 aromatic rings. The van der Waals surface area contributed by atoms with E-state index in [0.717, 1.165) is 12.8 Å². The van der Waals surface area contributed by atoms with Crippen LogP contribution in [0.5, 0.6) is 5.75 Å². The van der Waals surface area contributed by atoms with Gasteiger partial charge in [-0.05, 0) is 102 Å². The Morgan fingerprint density at radius 3 is 2.24 bits per heavy atom. The van der Waals surface area contributed by atoms with E-state index in [1.807, 2.05) is 0 Å². The van der Waals surface area contributed by atoms with Gasteiger partial charge >= 0.3 is 24.0 Å². The molecule has 4 N–H and O–H groups in total. The van der Waals surface area contributed by atoms with Crippen LogP contribution in [0.3, 0.4) is 0 Å². The number of nitrogens with one attached hydrogen (secondary N) is 4. The molecule has 5 rings (SSSR count). The number of pyridine rings is 1. The average molecular weight is 914 g/mol. The van der Waals surface area contributed by atoms with Crippen molar-refractivity contribution in [2.45, 2.75) is 111 Å². The molecule has 2 fully saturated rings. The van der Waals surface area contributed by atoms with Crippen LogP contribution in [0.15, 0.2) is 55.1 Å². The van der Waals surface area contributed by atoms with Crippen LogP contribution >= 0.6 is 0 Å². The Morgan fingerprint density at radius 2 is 1.62 bits per heavy atom. The highest BCUT2D eigenvalue weighted by molar-refractivity contribution is 6.11. The van der Waals surface area contributed by atoms with Crippen LogP contribution in [0.4, 0.5) is 10.5 Å². The third-order valence-corrected chi connectivity index (χ3v) is 10.0. The minimum absolute atomic E-state index is 0.00561. The minimum atomic E-state index is -1.31. The summed E-state index contributed by atoms with van der Waals surface area (Å²) < 4.78 is 39.0. The average Bonchev–Trinajstić information content (AvgIpc) is 4.07. The van der Waals surface area contributed by atoms with Gasteiger partial charge in [0.1, 0.15) is 29.5 Å². The fourth-order valence-electron chi connectivity index (χ4n) is 6.80. The Hall–Kier alpha value is -6.66. The zero-order valence-corrected chi connectivity index (χ0v) is 38.8. The van der Waals surface area contributed by atoms with E-state index in [2.05, 4.69) is 27.5 Å². The number of anilines is 1. The van der Waals surface area contributed by atoms with Crippen molar-refractivity contribution in [3.8, 4) is 16.9 Å². The molecule has 66 heavy (non-hydrogen) atoms. The van der Waals surface area contributed by atoms with Gasteiger partial charge in [-0.15, -0.1) is 0 Å².